The monoisotopic (exact) mass is 426 g/mol. The van der Waals surface area contributed by atoms with Gasteiger partial charge in [-0.2, -0.15) is 0 Å². The van der Waals surface area contributed by atoms with Crippen LogP contribution in [0.15, 0.2) is 12.1 Å². The molecule has 0 aromatic heterocycles. The highest BCUT2D eigenvalue weighted by molar-refractivity contribution is 6.44. The number of allylic oxidation sites excluding steroid dienone is 1. The van der Waals surface area contributed by atoms with Crippen molar-refractivity contribution in [1.82, 2.24) is 0 Å². The average Bonchev–Trinajstić information content (AvgIpc) is 2.86. The Morgan fingerprint density at radius 2 is 2.04 bits per heavy atom. The molecular formula is C20H20Cl2O6. The number of carboxylic acids is 1. The quantitative estimate of drug-likeness (QED) is 0.667. The number of carbonyl (C=O) groups is 3. The molecule has 1 N–H and O–H groups in total. The van der Waals surface area contributed by atoms with Gasteiger partial charge in [-0.15, -0.1) is 0 Å². The Kier molecular flexibility index (Phi) is 5.73. The Labute approximate surface area is 172 Å². The number of hydrogen-bond acceptors (Lipinski definition) is 5. The second kappa shape index (κ2) is 7.76. The van der Waals surface area contributed by atoms with E-state index in [1.807, 2.05) is 6.92 Å². The van der Waals surface area contributed by atoms with Crippen LogP contribution in [0.1, 0.15) is 56.8 Å². The Morgan fingerprint density at radius 1 is 1.32 bits per heavy atom. The molecular weight excluding hydrogens is 407 g/mol. The van der Waals surface area contributed by atoms with Gasteiger partial charge in [-0.3, -0.25) is 9.59 Å². The van der Waals surface area contributed by atoms with Crippen LogP contribution in [-0.4, -0.2) is 29.4 Å². The van der Waals surface area contributed by atoms with E-state index in [9.17, 15) is 14.4 Å². The fourth-order valence-electron chi connectivity index (χ4n) is 4.27. The highest BCUT2D eigenvalue weighted by Crippen LogP contribution is 2.64. The fourth-order valence-corrected chi connectivity index (χ4v) is 4.78. The third kappa shape index (κ3) is 3.40. The number of ketones is 1. The van der Waals surface area contributed by atoms with Crippen molar-refractivity contribution in [1.29, 1.82) is 0 Å². The summed E-state index contributed by atoms with van der Waals surface area (Å²) in [6.07, 6.45) is 3.30. The summed E-state index contributed by atoms with van der Waals surface area (Å²) in [6.45, 7) is 2.76. The van der Waals surface area contributed by atoms with E-state index in [-0.39, 0.29) is 21.6 Å². The minimum absolute atomic E-state index is 0.0189. The minimum atomic E-state index is -1.16. The predicted molar refractivity (Wildman–Crippen MR) is 104 cm³/mol. The van der Waals surface area contributed by atoms with Crippen molar-refractivity contribution in [2.24, 2.45) is 5.41 Å². The van der Waals surface area contributed by atoms with Gasteiger partial charge in [0.05, 0.1) is 5.02 Å². The summed E-state index contributed by atoms with van der Waals surface area (Å²) in [5, 5.41) is 9.12. The van der Waals surface area contributed by atoms with Gasteiger partial charge < -0.3 is 14.6 Å². The van der Waals surface area contributed by atoms with Crippen LogP contribution >= 0.6 is 23.2 Å². The number of carboxylic acid groups (broad SMARTS) is 1. The number of esters is 1. The summed E-state index contributed by atoms with van der Waals surface area (Å²) < 4.78 is 11.0. The van der Waals surface area contributed by atoms with Crippen LogP contribution in [0.3, 0.4) is 0 Å². The SMILES string of the molecule is CCC[C@@]12CCC(=O)C=C1c1c(cc(OCC(=O)O)c(Cl)c1Cl)C2OC(C)=O. The molecule has 0 amide bonds. The lowest BCUT2D eigenvalue weighted by Gasteiger charge is -2.38. The number of aliphatic carboxylic acids is 1. The molecule has 1 aromatic rings. The summed E-state index contributed by atoms with van der Waals surface area (Å²) in [5.41, 5.74) is 1.31. The van der Waals surface area contributed by atoms with Crippen molar-refractivity contribution in [3.63, 3.8) is 0 Å². The topological polar surface area (TPSA) is 89.9 Å². The van der Waals surface area contributed by atoms with Crippen LogP contribution in [0, 0.1) is 5.41 Å². The van der Waals surface area contributed by atoms with Crippen molar-refractivity contribution in [3.8, 4) is 5.75 Å². The average molecular weight is 427 g/mol. The van der Waals surface area contributed by atoms with Gasteiger partial charge >= 0.3 is 11.9 Å². The first-order chi connectivity index (χ1) is 13.2. The molecule has 0 bridgehead atoms. The Hall–Kier alpha value is -2.05. The molecule has 0 heterocycles. The standard InChI is InChI=1S/C20H20Cl2O6/c1-3-5-20-6-4-11(24)7-13(20)16-12(19(20)28-10(2)23)8-14(17(21)18(16)22)27-9-15(25)26/h7-8,19H,3-6,9H2,1-2H3,(H,25,26)/t19?,20-/m1/s1. The number of fused-ring (bicyclic) bond motifs is 3. The minimum Gasteiger partial charge on any atom is -0.480 e. The third-order valence-corrected chi connectivity index (χ3v) is 6.10. The normalized spacial score (nSPS) is 22.9. The van der Waals surface area contributed by atoms with E-state index >= 15 is 0 Å². The smallest absolute Gasteiger partial charge is 0.341 e. The van der Waals surface area contributed by atoms with Crippen LogP contribution in [0.2, 0.25) is 10.0 Å². The summed E-state index contributed by atoms with van der Waals surface area (Å²) >= 11 is 12.9. The van der Waals surface area contributed by atoms with Gasteiger partial charge in [-0.1, -0.05) is 36.5 Å². The maximum absolute atomic E-state index is 12.2. The highest BCUT2D eigenvalue weighted by Gasteiger charge is 2.54. The van der Waals surface area contributed by atoms with Gasteiger partial charge in [0, 0.05) is 29.9 Å². The molecule has 2 aliphatic rings. The molecule has 0 saturated heterocycles. The lowest BCUT2D eigenvalue weighted by Crippen LogP contribution is -2.31. The number of hydrogen-bond donors (Lipinski definition) is 1. The van der Waals surface area contributed by atoms with Crippen molar-refractivity contribution in [3.05, 3.63) is 33.3 Å². The summed E-state index contributed by atoms with van der Waals surface area (Å²) in [4.78, 5) is 34.9. The molecule has 0 saturated carbocycles. The first-order valence-electron chi connectivity index (χ1n) is 9.00. The number of ether oxygens (including phenoxy) is 2. The van der Waals surface area contributed by atoms with Gasteiger partial charge in [-0.25, -0.2) is 4.79 Å². The maximum Gasteiger partial charge on any atom is 0.341 e. The zero-order valence-electron chi connectivity index (χ0n) is 15.5. The summed E-state index contributed by atoms with van der Waals surface area (Å²) in [7, 11) is 0. The maximum atomic E-state index is 12.2. The van der Waals surface area contributed by atoms with E-state index in [2.05, 4.69) is 0 Å². The van der Waals surface area contributed by atoms with E-state index in [4.69, 9.17) is 37.8 Å². The Morgan fingerprint density at radius 3 is 2.64 bits per heavy atom. The second-order valence-electron chi connectivity index (χ2n) is 7.07. The molecule has 8 heteroatoms. The molecule has 1 unspecified atom stereocenters. The van der Waals surface area contributed by atoms with E-state index in [1.54, 1.807) is 12.1 Å². The molecule has 2 aliphatic carbocycles. The predicted octanol–water partition coefficient (Wildman–Crippen LogP) is 4.61. The zero-order chi connectivity index (χ0) is 20.6. The fraction of sp³-hybridized carbons (Fsp3) is 0.450. The van der Waals surface area contributed by atoms with Gasteiger partial charge in [0.2, 0.25) is 0 Å². The van der Waals surface area contributed by atoms with Crippen molar-refractivity contribution >= 4 is 46.5 Å². The highest BCUT2D eigenvalue weighted by atomic mass is 35.5. The lowest BCUT2D eigenvalue weighted by molar-refractivity contribution is -0.152. The first-order valence-corrected chi connectivity index (χ1v) is 9.76. The van der Waals surface area contributed by atoms with Crippen LogP contribution in [-0.2, 0) is 19.1 Å². The van der Waals surface area contributed by atoms with Crippen LogP contribution < -0.4 is 4.74 Å². The molecule has 0 fully saturated rings. The number of benzene rings is 1. The Balaban J connectivity index is 2.24. The zero-order valence-corrected chi connectivity index (χ0v) is 17.0. The third-order valence-electron chi connectivity index (χ3n) is 5.25. The molecule has 3 rings (SSSR count). The summed E-state index contributed by atoms with van der Waals surface area (Å²) in [6, 6.07) is 1.57. The molecule has 150 valence electrons. The lowest BCUT2D eigenvalue weighted by atomic mass is 9.68. The van der Waals surface area contributed by atoms with Gasteiger partial charge in [-0.05, 0) is 30.6 Å². The Bertz CT molecular complexity index is 891. The number of carbonyl (C=O) groups excluding carboxylic acids is 2. The van der Waals surface area contributed by atoms with E-state index in [1.165, 1.54) is 6.92 Å². The molecule has 2 atom stereocenters. The number of rotatable bonds is 6. The first kappa shape index (κ1) is 20.7. The van der Waals surface area contributed by atoms with E-state index in [0.29, 0.717) is 30.4 Å². The molecule has 0 radical (unpaired) electrons. The summed E-state index contributed by atoms with van der Waals surface area (Å²) in [5.74, 6) is -1.53. The molecule has 0 aliphatic heterocycles. The van der Waals surface area contributed by atoms with E-state index in [0.717, 1.165) is 12.0 Å². The van der Waals surface area contributed by atoms with Crippen LogP contribution in [0.5, 0.6) is 5.75 Å². The number of halogens is 2. The van der Waals surface area contributed by atoms with E-state index < -0.39 is 30.1 Å². The van der Waals surface area contributed by atoms with Crippen molar-refractivity contribution in [2.75, 3.05) is 6.61 Å². The second-order valence-corrected chi connectivity index (χ2v) is 7.83. The van der Waals surface area contributed by atoms with Gasteiger partial charge in [0.15, 0.2) is 12.4 Å². The molecule has 6 nitrogen and oxygen atoms in total. The molecule has 1 aromatic carbocycles. The van der Waals surface area contributed by atoms with Gasteiger partial charge in [0.1, 0.15) is 16.9 Å². The van der Waals surface area contributed by atoms with Crippen LogP contribution in [0.25, 0.3) is 5.57 Å². The van der Waals surface area contributed by atoms with Crippen LogP contribution in [0.4, 0.5) is 0 Å². The van der Waals surface area contributed by atoms with Crippen molar-refractivity contribution in [2.45, 2.75) is 45.6 Å². The van der Waals surface area contributed by atoms with Gasteiger partial charge in [0.25, 0.3) is 0 Å². The molecule has 28 heavy (non-hydrogen) atoms. The largest absolute Gasteiger partial charge is 0.480 e. The molecule has 0 spiro atoms. The van der Waals surface area contributed by atoms with Crippen molar-refractivity contribution < 1.29 is 29.0 Å².